The van der Waals surface area contributed by atoms with E-state index in [0.717, 1.165) is 17.7 Å². The fourth-order valence-corrected chi connectivity index (χ4v) is 1.41. The van der Waals surface area contributed by atoms with Crippen LogP contribution in [0.2, 0.25) is 0 Å². The van der Waals surface area contributed by atoms with Crippen LogP contribution in [0.25, 0.3) is 0 Å². The molecular formula is C11H16O3. The summed E-state index contributed by atoms with van der Waals surface area (Å²) >= 11 is 0. The van der Waals surface area contributed by atoms with Crippen molar-refractivity contribution in [2.75, 3.05) is 0 Å². The van der Waals surface area contributed by atoms with E-state index in [1.807, 2.05) is 0 Å². The third-order valence-corrected chi connectivity index (χ3v) is 2.21. The fraction of sp³-hybridized carbons (Fsp3) is 0.545. The van der Waals surface area contributed by atoms with E-state index in [-0.39, 0.29) is 0 Å². The third kappa shape index (κ3) is 2.37. The molecule has 0 aliphatic carbocycles. The van der Waals surface area contributed by atoms with Gasteiger partial charge in [0.25, 0.3) is 0 Å². The second kappa shape index (κ2) is 4.31. The smallest absolute Gasteiger partial charge is 0.310 e. The van der Waals surface area contributed by atoms with Crippen molar-refractivity contribution in [1.82, 2.24) is 0 Å². The van der Waals surface area contributed by atoms with Gasteiger partial charge < -0.3 is 9.52 Å². The molecule has 0 saturated carbocycles. The Hall–Kier alpha value is -1.25. The van der Waals surface area contributed by atoms with E-state index in [1.165, 1.54) is 0 Å². The van der Waals surface area contributed by atoms with E-state index in [0.29, 0.717) is 5.92 Å². The van der Waals surface area contributed by atoms with Crippen LogP contribution in [0, 0.1) is 5.92 Å². The van der Waals surface area contributed by atoms with Gasteiger partial charge in [0, 0.05) is 12.0 Å². The van der Waals surface area contributed by atoms with Crippen molar-refractivity contribution in [3.05, 3.63) is 23.7 Å². The number of aliphatic carboxylic acids is 1. The quantitative estimate of drug-likeness (QED) is 0.805. The van der Waals surface area contributed by atoms with Crippen LogP contribution in [0.15, 0.2) is 16.7 Å². The maximum absolute atomic E-state index is 10.8. The summed E-state index contributed by atoms with van der Waals surface area (Å²) < 4.78 is 5.28. The molecule has 14 heavy (non-hydrogen) atoms. The summed E-state index contributed by atoms with van der Waals surface area (Å²) in [7, 11) is 0. The van der Waals surface area contributed by atoms with Crippen LogP contribution in [0.5, 0.6) is 0 Å². The van der Waals surface area contributed by atoms with E-state index in [9.17, 15) is 4.79 Å². The van der Waals surface area contributed by atoms with Crippen molar-refractivity contribution in [3.8, 4) is 0 Å². The van der Waals surface area contributed by atoms with Crippen molar-refractivity contribution >= 4 is 5.97 Å². The van der Waals surface area contributed by atoms with Crippen LogP contribution in [0.1, 0.15) is 38.0 Å². The molecule has 0 aliphatic rings. The lowest BCUT2D eigenvalue weighted by molar-refractivity contribution is -0.138. The molecule has 1 rings (SSSR count). The molecular weight excluding hydrogens is 180 g/mol. The Morgan fingerprint density at radius 3 is 2.64 bits per heavy atom. The molecule has 0 radical (unpaired) electrons. The summed E-state index contributed by atoms with van der Waals surface area (Å²) in [4.78, 5) is 10.8. The minimum Gasteiger partial charge on any atom is -0.481 e. The van der Waals surface area contributed by atoms with Gasteiger partial charge in [-0.3, -0.25) is 4.79 Å². The number of hydrogen-bond donors (Lipinski definition) is 1. The summed E-state index contributed by atoms with van der Waals surface area (Å²) in [5, 5.41) is 8.87. The molecule has 0 aliphatic heterocycles. The summed E-state index contributed by atoms with van der Waals surface area (Å²) in [6.45, 7) is 5.84. The van der Waals surface area contributed by atoms with Crippen LogP contribution in [0.3, 0.4) is 0 Å². The topological polar surface area (TPSA) is 50.4 Å². The summed E-state index contributed by atoms with van der Waals surface area (Å²) in [5.41, 5.74) is 0.797. The summed E-state index contributed by atoms with van der Waals surface area (Å²) in [6.07, 6.45) is 2.35. The van der Waals surface area contributed by atoms with Crippen molar-refractivity contribution in [2.45, 2.75) is 33.1 Å². The second-order valence-electron chi connectivity index (χ2n) is 3.96. The zero-order valence-corrected chi connectivity index (χ0v) is 8.78. The van der Waals surface area contributed by atoms with Gasteiger partial charge in [-0.2, -0.15) is 0 Å². The molecule has 3 heteroatoms. The van der Waals surface area contributed by atoms with E-state index in [2.05, 4.69) is 13.8 Å². The molecule has 1 aromatic rings. The van der Waals surface area contributed by atoms with Gasteiger partial charge in [0.2, 0.25) is 0 Å². The standard InChI is InChI=1S/C11H16O3/c1-7(2)6-10-9(4-5-14-10)8(3)11(12)13/h4-5,7-8H,6H2,1-3H3,(H,12,13). The van der Waals surface area contributed by atoms with Gasteiger partial charge in [-0.15, -0.1) is 0 Å². The van der Waals surface area contributed by atoms with E-state index < -0.39 is 11.9 Å². The monoisotopic (exact) mass is 196 g/mol. The van der Waals surface area contributed by atoms with Crippen molar-refractivity contribution < 1.29 is 14.3 Å². The highest BCUT2D eigenvalue weighted by Gasteiger charge is 2.19. The van der Waals surface area contributed by atoms with Gasteiger partial charge >= 0.3 is 5.97 Å². The predicted molar refractivity (Wildman–Crippen MR) is 53.3 cm³/mol. The lowest BCUT2D eigenvalue weighted by Gasteiger charge is -2.08. The molecule has 0 spiro atoms. The summed E-state index contributed by atoms with van der Waals surface area (Å²) in [5.74, 6) is -0.0188. The molecule has 1 unspecified atom stereocenters. The average molecular weight is 196 g/mol. The number of carbonyl (C=O) groups is 1. The number of carboxylic acid groups (broad SMARTS) is 1. The molecule has 1 heterocycles. The number of carboxylic acids is 1. The van der Waals surface area contributed by atoms with Gasteiger partial charge in [0.05, 0.1) is 12.2 Å². The molecule has 1 atom stereocenters. The minimum absolute atomic E-state index is 0.473. The Labute approximate surface area is 83.7 Å². The molecule has 0 fully saturated rings. The zero-order chi connectivity index (χ0) is 10.7. The minimum atomic E-state index is -0.809. The third-order valence-electron chi connectivity index (χ3n) is 2.21. The lowest BCUT2D eigenvalue weighted by atomic mass is 9.98. The van der Waals surface area contributed by atoms with Crippen molar-refractivity contribution in [1.29, 1.82) is 0 Å². The van der Waals surface area contributed by atoms with Crippen LogP contribution < -0.4 is 0 Å². The summed E-state index contributed by atoms with van der Waals surface area (Å²) in [6, 6.07) is 1.75. The lowest BCUT2D eigenvalue weighted by Crippen LogP contribution is -2.09. The highest BCUT2D eigenvalue weighted by Crippen LogP contribution is 2.23. The van der Waals surface area contributed by atoms with Gasteiger partial charge in [-0.1, -0.05) is 13.8 Å². The molecule has 0 bridgehead atoms. The van der Waals surface area contributed by atoms with Crippen LogP contribution in [0.4, 0.5) is 0 Å². The Balaban J connectivity index is 2.86. The molecule has 0 saturated heterocycles. The molecule has 1 aromatic heterocycles. The Morgan fingerprint density at radius 1 is 1.50 bits per heavy atom. The number of furan rings is 1. The first-order valence-electron chi connectivity index (χ1n) is 4.81. The first kappa shape index (κ1) is 10.8. The van der Waals surface area contributed by atoms with Gasteiger partial charge in [-0.25, -0.2) is 0 Å². The van der Waals surface area contributed by atoms with Crippen LogP contribution in [-0.4, -0.2) is 11.1 Å². The Bertz CT molecular complexity index is 312. The van der Waals surface area contributed by atoms with Gasteiger partial charge in [-0.05, 0) is 18.9 Å². The predicted octanol–water partition coefficient (Wildman–Crippen LogP) is 2.67. The Morgan fingerprint density at radius 2 is 2.14 bits per heavy atom. The maximum atomic E-state index is 10.8. The van der Waals surface area contributed by atoms with Crippen molar-refractivity contribution in [3.63, 3.8) is 0 Å². The van der Waals surface area contributed by atoms with E-state index in [1.54, 1.807) is 19.3 Å². The van der Waals surface area contributed by atoms with Gasteiger partial charge in [0.1, 0.15) is 5.76 Å². The van der Waals surface area contributed by atoms with Crippen molar-refractivity contribution in [2.24, 2.45) is 5.92 Å². The fourth-order valence-electron chi connectivity index (χ4n) is 1.41. The highest BCUT2D eigenvalue weighted by atomic mass is 16.4. The first-order chi connectivity index (χ1) is 6.52. The number of rotatable bonds is 4. The zero-order valence-electron chi connectivity index (χ0n) is 8.78. The second-order valence-corrected chi connectivity index (χ2v) is 3.96. The average Bonchev–Trinajstić information content (AvgIpc) is 2.49. The molecule has 78 valence electrons. The van der Waals surface area contributed by atoms with Crippen LogP contribution >= 0.6 is 0 Å². The van der Waals surface area contributed by atoms with E-state index in [4.69, 9.17) is 9.52 Å². The molecule has 1 N–H and O–H groups in total. The van der Waals surface area contributed by atoms with E-state index >= 15 is 0 Å². The van der Waals surface area contributed by atoms with Crippen LogP contribution in [-0.2, 0) is 11.2 Å². The Kier molecular flexibility index (Phi) is 3.33. The number of hydrogen-bond acceptors (Lipinski definition) is 2. The van der Waals surface area contributed by atoms with Gasteiger partial charge in [0.15, 0.2) is 0 Å². The molecule has 0 aromatic carbocycles. The highest BCUT2D eigenvalue weighted by molar-refractivity contribution is 5.75. The SMILES string of the molecule is CC(C)Cc1occc1C(C)C(=O)O. The first-order valence-corrected chi connectivity index (χ1v) is 4.81. The largest absolute Gasteiger partial charge is 0.481 e. The molecule has 3 nitrogen and oxygen atoms in total. The maximum Gasteiger partial charge on any atom is 0.310 e. The molecule has 0 amide bonds. The normalized spacial score (nSPS) is 13.1.